The molecule has 0 aliphatic rings. The number of carbonyl (C=O) groups excluding carboxylic acids is 2. The van der Waals surface area contributed by atoms with E-state index < -0.39 is 53.8 Å². The Morgan fingerprint density at radius 1 is 1.00 bits per heavy atom. The van der Waals surface area contributed by atoms with E-state index in [1.165, 1.54) is 24.4 Å². The lowest BCUT2D eigenvalue weighted by Gasteiger charge is -2.19. The van der Waals surface area contributed by atoms with Gasteiger partial charge in [0.05, 0.1) is 18.0 Å². The molecule has 0 unspecified atom stereocenters. The quantitative estimate of drug-likeness (QED) is 0.282. The van der Waals surface area contributed by atoms with Gasteiger partial charge < -0.3 is 20.7 Å². The van der Waals surface area contributed by atoms with Crippen LogP contribution in [0.15, 0.2) is 54.9 Å². The fraction of sp³-hybridized carbons (Fsp3) is 0.357. The number of rotatable bonds is 11. The van der Waals surface area contributed by atoms with Gasteiger partial charge in [-0.3, -0.25) is 9.78 Å². The molecule has 0 saturated heterocycles. The van der Waals surface area contributed by atoms with Crippen LogP contribution in [0.4, 0.5) is 23.8 Å². The Morgan fingerprint density at radius 3 is 2.38 bits per heavy atom. The molecule has 0 bridgehead atoms. The number of ether oxygens (including phenoxy) is 1. The number of carbonyl (C=O) groups is 2. The van der Waals surface area contributed by atoms with E-state index in [0.717, 1.165) is 17.3 Å². The molecule has 0 aliphatic carbocycles. The molecule has 3 rings (SSSR count). The van der Waals surface area contributed by atoms with Crippen LogP contribution in [0.5, 0.6) is 0 Å². The number of nitrogens with one attached hydrogen (secondary N) is 3. The smallest absolute Gasteiger partial charge is 0.407 e. The average molecular weight is 578 g/mol. The minimum Gasteiger partial charge on any atom is -0.444 e. The number of pyridine rings is 2. The Kier molecular flexibility index (Phi) is 10.3. The Labute approximate surface area is 235 Å². The normalized spacial score (nSPS) is 11.6. The van der Waals surface area contributed by atoms with E-state index in [2.05, 4.69) is 25.9 Å². The first kappa shape index (κ1) is 30.7. The van der Waals surface area contributed by atoms with Gasteiger partial charge in [-0.15, -0.1) is 0 Å². The number of amides is 2. The average Bonchev–Trinajstić information content (AvgIpc) is 2.89. The van der Waals surface area contributed by atoms with Gasteiger partial charge in [-0.25, -0.2) is 14.2 Å². The van der Waals surface area contributed by atoms with Gasteiger partial charge in [0, 0.05) is 31.0 Å². The Hall–Kier alpha value is -3.86. The zero-order chi connectivity index (χ0) is 29.3. The molecule has 2 aromatic heterocycles. The number of hydrogen-bond donors (Lipinski definition) is 3. The fourth-order valence-electron chi connectivity index (χ4n) is 3.66. The predicted octanol–water partition coefficient (Wildman–Crippen LogP) is 5.40. The third kappa shape index (κ3) is 9.11. The molecule has 8 nitrogen and oxygen atoms in total. The van der Waals surface area contributed by atoms with Gasteiger partial charge in [0.1, 0.15) is 11.3 Å². The third-order valence-corrected chi connectivity index (χ3v) is 5.91. The molecule has 40 heavy (non-hydrogen) atoms. The largest absolute Gasteiger partial charge is 0.444 e. The van der Waals surface area contributed by atoms with Gasteiger partial charge in [0.25, 0.3) is 0 Å². The summed E-state index contributed by atoms with van der Waals surface area (Å²) in [5, 5.41) is 7.60. The molecule has 0 saturated carbocycles. The third-order valence-electron chi connectivity index (χ3n) is 5.58. The summed E-state index contributed by atoms with van der Waals surface area (Å²) in [4.78, 5) is 32.0. The van der Waals surface area contributed by atoms with Crippen molar-refractivity contribution in [2.75, 3.05) is 18.4 Å². The standard InChI is InChI=1S/C28H31ClF3N5O3/c1-27(2,3)40-26(39)34-13-11-18-8-4-5-9-19(18)15-35-23(38)14-20-21(29)16-36-25(24(20)30)37-17-28(31,32)22-10-6-7-12-33-22/h4-10,12,16H,11,13-15,17H2,1-3H3,(H,34,39)(H,35,38)(H,36,37). The second kappa shape index (κ2) is 13.5. The number of halogens is 4. The molecule has 1 aromatic carbocycles. The van der Waals surface area contributed by atoms with Gasteiger partial charge in [0.2, 0.25) is 5.91 Å². The van der Waals surface area contributed by atoms with Crippen LogP contribution in [-0.4, -0.2) is 40.7 Å². The lowest BCUT2D eigenvalue weighted by molar-refractivity contribution is -0.120. The van der Waals surface area contributed by atoms with Crippen LogP contribution in [0, 0.1) is 5.82 Å². The molecular weight excluding hydrogens is 547 g/mol. The van der Waals surface area contributed by atoms with Crippen molar-refractivity contribution in [1.29, 1.82) is 0 Å². The van der Waals surface area contributed by atoms with Crippen molar-refractivity contribution in [1.82, 2.24) is 20.6 Å². The molecule has 0 spiro atoms. The van der Waals surface area contributed by atoms with Crippen LogP contribution < -0.4 is 16.0 Å². The number of nitrogens with zero attached hydrogens (tertiary/aromatic N) is 2. The number of alkyl halides is 2. The van der Waals surface area contributed by atoms with E-state index in [1.54, 1.807) is 20.8 Å². The zero-order valence-corrected chi connectivity index (χ0v) is 23.1. The summed E-state index contributed by atoms with van der Waals surface area (Å²) < 4.78 is 49.2. The van der Waals surface area contributed by atoms with Crippen LogP contribution in [0.3, 0.4) is 0 Å². The SMILES string of the molecule is CC(C)(C)OC(=O)NCCc1ccccc1CNC(=O)Cc1c(Cl)cnc(NCC(F)(F)c2ccccn2)c1F. The van der Waals surface area contributed by atoms with E-state index in [0.29, 0.717) is 13.0 Å². The molecule has 2 heterocycles. The molecule has 3 N–H and O–H groups in total. The van der Waals surface area contributed by atoms with Crippen molar-refractivity contribution in [3.63, 3.8) is 0 Å². The molecule has 214 valence electrons. The van der Waals surface area contributed by atoms with Crippen molar-refractivity contribution in [2.24, 2.45) is 0 Å². The van der Waals surface area contributed by atoms with Crippen molar-refractivity contribution in [3.8, 4) is 0 Å². The molecule has 0 fully saturated rings. The minimum atomic E-state index is -3.39. The Balaban J connectivity index is 1.58. The molecular formula is C28H31ClF3N5O3. The number of alkyl carbamates (subject to hydrolysis) is 1. The Morgan fingerprint density at radius 2 is 1.70 bits per heavy atom. The van der Waals surface area contributed by atoms with E-state index in [9.17, 15) is 18.4 Å². The first-order valence-corrected chi connectivity index (χ1v) is 12.9. The second-order valence-electron chi connectivity index (χ2n) is 9.92. The number of benzene rings is 1. The predicted molar refractivity (Wildman–Crippen MR) is 146 cm³/mol. The summed E-state index contributed by atoms with van der Waals surface area (Å²) in [5.41, 5.74) is 0.449. The maximum absolute atomic E-state index is 15.1. The van der Waals surface area contributed by atoms with E-state index in [4.69, 9.17) is 16.3 Å². The second-order valence-corrected chi connectivity index (χ2v) is 10.3. The van der Waals surface area contributed by atoms with Crippen LogP contribution in [0.1, 0.15) is 43.2 Å². The van der Waals surface area contributed by atoms with E-state index in [-0.39, 0.29) is 17.1 Å². The maximum atomic E-state index is 15.1. The lowest BCUT2D eigenvalue weighted by atomic mass is 10.0. The van der Waals surface area contributed by atoms with Gasteiger partial charge in [0.15, 0.2) is 11.6 Å². The van der Waals surface area contributed by atoms with Crippen molar-refractivity contribution in [3.05, 3.63) is 88.1 Å². The van der Waals surface area contributed by atoms with Gasteiger partial charge in [-0.1, -0.05) is 41.9 Å². The molecule has 0 atom stereocenters. The first-order chi connectivity index (χ1) is 18.9. The van der Waals surface area contributed by atoms with Gasteiger partial charge >= 0.3 is 12.0 Å². The molecule has 3 aromatic rings. The number of anilines is 1. The highest BCUT2D eigenvalue weighted by Gasteiger charge is 2.33. The van der Waals surface area contributed by atoms with Crippen LogP contribution in [-0.2, 0) is 34.8 Å². The highest BCUT2D eigenvalue weighted by molar-refractivity contribution is 6.31. The summed E-state index contributed by atoms with van der Waals surface area (Å²) in [6.07, 6.45) is 1.88. The molecule has 0 radical (unpaired) electrons. The highest BCUT2D eigenvalue weighted by Crippen LogP contribution is 2.28. The summed E-state index contributed by atoms with van der Waals surface area (Å²) in [6, 6.07) is 11.4. The van der Waals surface area contributed by atoms with Crippen LogP contribution in [0.2, 0.25) is 5.02 Å². The van der Waals surface area contributed by atoms with Crippen LogP contribution >= 0.6 is 11.6 Å². The summed E-state index contributed by atoms with van der Waals surface area (Å²) in [5.74, 6) is -5.36. The van der Waals surface area contributed by atoms with Crippen LogP contribution in [0.25, 0.3) is 0 Å². The Bertz CT molecular complexity index is 1320. The van der Waals surface area contributed by atoms with Crippen molar-refractivity contribution < 1.29 is 27.5 Å². The molecule has 12 heteroatoms. The number of hydrogen-bond acceptors (Lipinski definition) is 6. The highest BCUT2D eigenvalue weighted by atomic mass is 35.5. The minimum absolute atomic E-state index is 0.108. The van der Waals surface area contributed by atoms with Gasteiger partial charge in [-0.05, 0) is 50.5 Å². The first-order valence-electron chi connectivity index (χ1n) is 12.5. The lowest BCUT2D eigenvalue weighted by Crippen LogP contribution is -2.33. The monoisotopic (exact) mass is 577 g/mol. The van der Waals surface area contributed by atoms with E-state index in [1.807, 2.05) is 24.3 Å². The van der Waals surface area contributed by atoms with E-state index >= 15 is 4.39 Å². The topological polar surface area (TPSA) is 105 Å². The summed E-state index contributed by atoms with van der Waals surface area (Å²) in [7, 11) is 0. The molecule has 0 aliphatic heterocycles. The summed E-state index contributed by atoms with van der Waals surface area (Å²) >= 11 is 6.08. The van der Waals surface area contributed by atoms with Gasteiger partial charge in [-0.2, -0.15) is 8.78 Å². The number of aromatic nitrogens is 2. The maximum Gasteiger partial charge on any atom is 0.407 e. The van der Waals surface area contributed by atoms with Crippen molar-refractivity contribution >= 4 is 29.4 Å². The summed E-state index contributed by atoms with van der Waals surface area (Å²) in [6.45, 7) is 4.83. The fourth-order valence-corrected chi connectivity index (χ4v) is 3.86. The molecule has 2 amide bonds. The van der Waals surface area contributed by atoms with Crippen molar-refractivity contribution in [2.45, 2.75) is 51.7 Å². The zero-order valence-electron chi connectivity index (χ0n) is 22.4.